The van der Waals surface area contributed by atoms with E-state index in [9.17, 15) is 14.4 Å². The number of nitrogens with zero attached hydrogens (tertiary/aromatic N) is 2. The molecule has 1 amide bonds. The highest BCUT2D eigenvalue weighted by molar-refractivity contribution is 6.30. The van der Waals surface area contributed by atoms with Gasteiger partial charge in [-0.25, -0.2) is 14.4 Å². The Morgan fingerprint density at radius 1 is 1.09 bits per heavy atom. The molecule has 2 heterocycles. The molecule has 1 aliphatic heterocycles. The van der Waals surface area contributed by atoms with Crippen LogP contribution in [0.1, 0.15) is 5.56 Å². The molecule has 35 heavy (non-hydrogen) atoms. The fraction of sp³-hybridized carbons (Fsp3) is 0.333. The Morgan fingerprint density at radius 3 is 2.46 bits per heavy atom. The Labute approximate surface area is 205 Å². The van der Waals surface area contributed by atoms with Gasteiger partial charge in [0, 0.05) is 32.9 Å². The number of amides is 1. The van der Waals surface area contributed by atoms with Crippen molar-refractivity contribution in [2.24, 2.45) is 10.9 Å². The first-order valence-electron chi connectivity index (χ1n) is 10.8. The maximum Gasteiger partial charge on any atom is 0.334 e. The van der Waals surface area contributed by atoms with Crippen LogP contribution in [-0.2, 0) is 25.5 Å². The topological polar surface area (TPSA) is 124 Å². The Balaban J connectivity index is 1.67. The van der Waals surface area contributed by atoms with Crippen LogP contribution in [0.2, 0.25) is 5.02 Å². The zero-order valence-electron chi connectivity index (χ0n) is 19.4. The second-order valence-corrected chi connectivity index (χ2v) is 8.41. The van der Waals surface area contributed by atoms with E-state index >= 15 is 0 Å². The van der Waals surface area contributed by atoms with Gasteiger partial charge in [0.15, 0.2) is 6.23 Å². The van der Waals surface area contributed by atoms with Gasteiger partial charge in [0.25, 0.3) is 5.56 Å². The molecule has 1 aromatic heterocycles. The van der Waals surface area contributed by atoms with Crippen LogP contribution in [0.15, 0.2) is 51.0 Å². The maximum absolute atomic E-state index is 13.3. The van der Waals surface area contributed by atoms with Gasteiger partial charge in [-0.15, -0.1) is 0 Å². The largest absolute Gasteiger partial charge is 0.376 e. The molecule has 184 valence electrons. The van der Waals surface area contributed by atoms with Gasteiger partial charge in [-0.2, -0.15) is 0 Å². The van der Waals surface area contributed by atoms with Gasteiger partial charge in [-0.3, -0.25) is 9.59 Å². The molecule has 0 spiro atoms. The minimum atomic E-state index is -0.752. The molecule has 0 saturated heterocycles. The first-order valence-corrected chi connectivity index (χ1v) is 11.2. The van der Waals surface area contributed by atoms with Crippen LogP contribution in [-0.4, -0.2) is 61.1 Å². The summed E-state index contributed by atoms with van der Waals surface area (Å²) in [5, 5.41) is 3.91. The lowest BCUT2D eigenvalue weighted by Crippen LogP contribution is -2.58. The van der Waals surface area contributed by atoms with Gasteiger partial charge in [0.05, 0.1) is 22.6 Å². The molecule has 2 N–H and O–H groups in total. The molecule has 2 aliphatic rings. The van der Waals surface area contributed by atoms with E-state index < -0.39 is 35.6 Å². The van der Waals surface area contributed by atoms with Crippen LogP contribution in [0.5, 0.6) is 0 Å². The van der Waals surface area contributed by atoms with E-state index in [1.165, 1.54) is 39.6 Å². The fourth-order valence-electron chi connectivity index (χ4n) is 3.99. The Kier molecular flexibility index (Phi) is 7.46. The minimum absolute atomic E-state index is 0.115. The van der Waals surface area contributed by atoms with Crippen molar-refractivity contribution in [3.63, 3.8) is 0 Å². The smallest absolute Gasteiger partial charge is 0.334 e. The van der Waals surface area contributed by atoms with Crippen LogP contribution < -0.4 is 27.1 Å². The van der Waals surface area contributed by atoms with Crippen LogP contribution in [0, 0.1) is 5.92 Å². The second-order valence-electron chi connectivity index (χ2n) is 7.97. The number of dihydropyridines is 1. The third-order valence-corrected chi connectivity index (χ3v) is 6.12. The molecule has 1 aromatic carbocycles. The summed E-state index contributed by atoms with van der Waals surface area (Å²) in [7, 11) is 4.42. The van der Waals surface area contributed by atoms with Crippen LogP contribution >= 0.6 is 11.6 Å². The van der Waals surface area contributed by atoms with E-state index in [4.69, 9.17) is 25.8 Å². The number of allylic oxidation sites excluding steroid dienone is 1. The predicted octanol–water partition coefficient (Wildman–Crippen LogP) is -0.484. The molecular formula is C24H25ClN4O6. The highest BCUT2D eigenvalue weighted by Gasteiger charge is 2.29. The number of carbonyl (C=O) groups excluding carboxylic acids is 1. The summed E-state index contributed by atoms with van der Waals surface area (Å²) in [5.41, 5.74) is -0.403. The summed E-state index contributed by atoms with van der Waals surface area (Å²) >= 11 is 5.90. The minimum Gasteiger partial charge on any atom is -0.376 e. The number of hydrogen-bond acceptors (Lipinski definition) is 7. The van der Waals surface area contributed by atoms with E-state index in [2.05, 4.69) is 15.3 Å². The molecule has 0 saturated carbocycles. The first-order chi connectivity index (χ1) is 16.9. The normalized spacial score (nSPS) is 23.0. The number of aromatic amines is 1. The van der Waals surface area contributed by atoms with Gasteiger partial charge >= 0.3 is 5.69 Å². The molecule has 0 radical (unpaired) electrons. The lowest BCUT2D eigenvalue weighted by Gasteiger charge is -2.24. The van der Waals surface area contributed by atoms with Gasteiger partial charge in [0.1, 0.15) is 11.9 Å². The molecule has 1 aliphatic carbocycles. The number of methoxy groups -OCH3 is 3. The fourth-order valence-corrected chi connectivity index (χ4v) is 4.12. The summed E-state index contributed by atoms with van der Waals surface area (Å²) in [5.74, 6) is -0.950. The number of H-pyrrole nitrogens is 1. The highest BCUT2D eigenvalue weighted by Crippen LogP contribution is 2.15. The van der Waals surface area contributed by atoms with Crippen molar-refractivity contribution in [1.82, 2.24) is 14.9 Å². The van der Waals surface area contributed by atoms with Crippen molar-refractivity contribution in [3.05, 3.63) is 78.4 Å². The van der Waals surface area contributed by atoms with Crippen molar-refractivity contribution in [2.75, 3.05) is 21.3 Å². The van der Waals surface area contributed by atoms with E-state index in [0.717, 1.165) is 10.1 Å². The number of carbonyl (C=O) groups is 1. The van der Waals surface area contributed by atoms with Crippen molar-refractivity contribution >= 4 is 35.5 Å². The van der Waals surface area contributed by atoms with Gasteiger partial charge in [-0.1, -0.05) is 23.7 Å². The Bertz CT molecular complexity index is 1410. The van der Waals surface area contributed by atoms with Crippen molar-refractivity contribution < 1.29 is 19.0 Å². The molecular weight excluding hydrogens is 476 g/mol. The van der Waals surface area contributed by atoms with Crippen molar-refractivity contribution in [2.45, 2.75) is 25.0 Å². The lowest BCUT2D eigenvalue weighted by atomic mass is 9.95. The third-order valence-electron chi connectivity index (χ3n) is 5.87. The molecule has 0 bridgehead atoms. The molecule has 4 rings (SSSR count). The molecule has 4 unspecified atom stereocenters. The quantitative estimate of drug-likeness (QED) is 0.552. The van der Waals surface area contributed by atoms with E-state index in [1.54, 1.807) is 18.2 Å². The number of ether oxygens (including phenoxy) is 3. The highest BCUT2D eigenvalue weighted by atomic mass is 35.5. The standard InChI is InChI=1S/C24H25ClN4O6/c1-33-18-8-9-20(28-22(18)35-3)29-23(31)15-11-19(34-2)16(10-17(15)27-24(29)32)21(30)26-12-13-4-6-14(25)7-5-13/h4-11,16,18-19,22H,12H2,1-3H3,(H,26,30)(H,27,32). The third kappa shape index (κ3) is 5.06. The second kappa shape index (κ2) is 10.5. The number of hydrogen-bond donors (Lipinski definition) is 2. The molecule has 2 aromatic rings. The van der Waals surface area contributed by atoms with E-state index in [1.807, 2.05) is 12.1 Å². The molecule has 11 heteroatoms. The summed E-state index contributed by atoms with van der Waals surface area (Å²) in [4.78, 5) is 46.1. The predicted molar refractivity (Wildman–Crippen MR) is 131 cm³/mol. The van der Waals surface area contributed by atoms with E-state index in [0.29, 0.717) is 5.02 Å². The molecule has 4 atom stereocenters. The SMILES string of the molecule is COC1C=CC(n2c(=O)[nH]c3c(c2=O)=CC(OC)C(C(=O)NCc2ccc(Cl)cc2)C=3)=NC1OC. The average Bonchev–Trinajstić information content (AvgIpc) is 2.87. The van der Waals surface area contributed by atoms with Crippen LogP contribution in [0.4, 0.5) is 0 Å². The molecule has 10 nitrogen and oxygen atoms in total. The van der Waals surface area contributed by atoms with Gasteiger partial charge in [0.2, 0.25) is 5.91 Å². The zero-order chi connectivity index (χ0) is 25.1. The van der Waals surface area contributed by atoms with Crippen molar-refractivity contribution in [3.8, 4) is 0 Å². The molecule has 0 fully saturated rings. The number of halogens is 1. The number of aromatic nitrogens is 2. The maximum atomic E-state index is 13.3. The summed E-state index contributed by atoms with van der Waals surface area (Å²) in [6.45, 7) is 0.289. The summed E-state index contributed by atoms with van der Waals surface area (Å²) in [6.07, 6.45) is 4.39. The summed E-state index contributed by atoms with van der Waals surface area (Å²) < 4.78 is 17.0. The van der Waals surface area contributed by atoms with Gasteiger partial charge in [-0.05, 0) is 42.0 Å². The van der Waals surface area contributed by atoms with E-state index in [-0.39, 0.29) is 28.9 Å². The zero-order valence-corrected chi connectivity index (χ0v) is 20.1. The number of nitrogens with one attached hydrogen (secondary N) is 2. The number of aliphatic imine (C=N–C) groups is 1. The lowest BCUT2D eigenvalue weighted by molar-refractivity contribution is -0.125. The number of rotatable bonds is 6. The number of benzene rings is 1. The van der Waals surface area contributed by atoms with Crippen molar-refractivity contribution in [1.29, 1.82) is 0 Å². The average molecular weight is 501 g/mol. The first kappa shape index (κ1) is 24.8. The van der Waals surface area contributed by atoms with Gasteiger partial charge < -0.3 is 24.5 Å². The number of fused-ring (bicyclic) bond motifs is 1. The Hall–Kier alpha value is -3.31. The monoisotopic (exact) mass is 500 g/mol. The Morgan fingerprint density at radius 2 is 1.80 bits per heavy atom. The van der Waals surface area contributed by atoms with Crippen LogP contribution in [0.25, 0.3) is 12.2 Å². The summed E-state index contributed by atoms with van der Waals surface area (Å²) in [6, 6.07) is 7.11. The van der Waals surface area contributed by atoms with Crippen LogP contribution in [0.3, 0.4) is 0 Å².